The van der Waals surface area contributed by atoms with Crippen molar-refractivity contribution in [3.63, 3.8) is 0 Å². The van der Waals surface area contributed by atoms with E-state index in [1.165, 1.54) is 0 Å². The highest BCUT2D eigenvalue weighted by Crippen LogP contribution is 2.28. The van der Waals surface area contributed by atoms with E-state index < -0.39 is 18.0 Å². The highest BCUT2D eigenvalue weighted by Gasteiger charge is 2.36. The van der Waals surface area contributed by atoms with Crippen LogP contribution in [0.15, 0.2) is 0 Å². The molecule has 1 saturated carbocycles. The average Bonchev–Trinajstić information content (AvgIpc) is 2.36. The summed E-state index contributed by atoms with van der Waals surface area (Å²) in [6, 6.07) is -1.40. The maximum atomic E-state index is 12.3. The van der Waals surface area contributed by atoms with Crippen LogP contribution in [0.1, 0.15) is 33.1 Å². The summed E-state index contributed by atoms with van der Waals surface area (Å²) in [7, 11) is 0. The molecule has 3 amide bonds. The number of aliphatic carboxylic acids is 1. The highest BCUT2D eigenvalue weighted by atomic mass is 16.4. The van der Waals surface area contributed by atoms with Gasteiger partial charge >= 0.3 is 12.0 Å². The zero-order chi connectivity index (χ0) is 15.6. The third-order valence-corrected chi connectivity index (χ3v) is 4.23. The van der Waals surface area contributed by atoms with Crippen LogP contribution in [0.5, 0.6) is 0 Å². The van der Waals surface area contributed by atoms with Gasteiger partial charge in [0.05, 0.1) is 0 Å². The SMILES string of the molecule is CC1CC(C)CC(NC(=O)N2CC(=O)NCC2C(=O)O)C1. The molecule has 1 saturated heterocycles. The second kappa shape index (κ2) is 6.32. The molecule has 3 unspecified atom stereocenters. The van der Waals surface area contributed by atoms with Gasteiger partial charge in [-0.3, -0.25) is 9.69 Å². The number of carboxylic acids is 1. The van der Waals surface area contributed by atoms with E-state index in [2.05, 4.69) is 24.5 Å². The molecule has 0 aromatic heterocycles. The van der Waals surface area contributed by atoms with E-state index in [4.69, 9.17) is 5.11 Å². The third kappa shape index (κ3) is 3.86. The largest absolute Gasteiger partial charge is 0.480 e. The molecular weight excluding hydrogens is 274 g/mol. The standard InChI is InChI=1S/C14H23N3O4/c1-8-3-9(2)5-10(4-8)16-14(21)17-7-12(18)15-6-11(17)13(19)20/h8-11H,3-7H2,1-2H3,(H,15,18)(H,16,21)(H,19,20). The molecule has 3 atom stereocenters. The minimum absolute atomic E-state index is 0.0426. The van der Waals surface area contributed by atoms with Crippen LogP contribution in [0.2, 0.25) is 0 Å². The van der Waals surface area contributed by atoms with Crippen LogP contribution in [0.25, 0.3) is 0 Å². The number of carbonyl (C=O) groups excluding carboxylic acids is 2. The van der Waals surface area contributed by atoms with E-state index in [-0.39, 0.29) is 25.0 Å². The Balaban J connectivity index is 2.00. The molecule has 0 bridgehead atoms. The van der Waals surface area contributed by atoms with Crippen LogP contribution in [0.3, 0.4) is 0 Å². The molecule has 3 N–H and O–H groups in total. The molecule has 0 radical (unpaired) electrons. The van der Waals surface area contributed by atoms with E-state index in [1.807, 2.05) is 0 Å². The Kier molecular flexibility index (Phi) is 4.69. The first-order valence-electron chi connectivity index (χ1n) is 7.43. The number of carboxylic acid groups (broad SMARTS) is 1. The summed E-state index contributed by atoms with van der Waals surface area (Å²) in [5.41, 5.74) is 0. The minimum Gasteiger partial charge on any atom is -0.480 e. The fraction of sp³-hybridized carbons (Fsp3) is 0.786. The lowest BCUT2D eigenvalue weighted by Crippen LogP contribution is -2.62. The van der Waals surface area contributed by atoms with Gasteiger partial charge < -0.3 is 15.7 Å². The van der Waals surface area contributed by atoms with Gasteiger partial charge in [-0.15, -0.1) is 0 Å². The lowest BCUT2D eigenvalue weighted by atomic mass is 9.80. The van der Waals surface area contributed by atoms with Crippen molar-refractivity contribution in [2.75, 3.05) is 13.1 Å². The Morgan fingerprint density at radius 2 is 1.86 bits per heavy atom. The quantitative estimate of drug-likeness (QED) is 0.687. The number of piperazine rings is 1. The summed E-state index contributed by atoms with van der Waals surface area (Å²) in [6.07, 6.45) is 2.94. The predicted octanol–water partition coefficient (Wildman–Crippen LogP) is 0.406. The van der Waals surface area contributed by atoms with E-state index >= 15 is 0 Å². The molecule has 1 aliphatic heterocycles. The third-order valence-electron chi connectivity index (χ3n) is 4.23. The smallest absolute Gasteiger partial charge is 0.328 e. The van der Waals surface area contributed by atoms with Gasteiger partial charge in [0.15, 0.2) is 0 Å². The molecule has 0 aromatic rings. The Bertz CT molecular complexity index is 430. The fourth-order valence-corrected chi connectivity index (χ4v) is 3.40. The number of hydrogen-bond donors (Lipinski definition) is 3. The zero-order valence-corrected chi connectivity index (χ0v) is 12.5. The Hall–Kier alpha value is -1.79. The number of nitrogens with zero attached hydrogens (tertiary/aromatic N) is 1. The van der Waals surface area contributed by atoms with Gasteiger partial charge in [-0.2, -0.15) is 0 Å². The van der Waals surface area contributed by atoms with Crippen molar-refractivity contribution in [1.82, 2.24) is 15.5 Å². The van der Waals surface area contributed by atoms with Crippen LogP contribution in [-0.4, -0.2) is 53.1 Å². The maximum Gasteiger partial charge on any atom is 0.328 e. The molecule has 7 nitrogen and oxygen atoms in total. The lowest BCUT2D eigenvalue weighted by molar-refractivity contribution is -0.144. The van der Waals surface area contributed by atoms with Crippen LogP contribution >= 0.6 is 0 Å². The summed E-state index contributed by atoms with van der Waals surface area (Å²) >= 11 is 0. The van der Waals surface area contributed by atoms with Gasteiger partial charge in [-0.05, 0) is 31.1 Å². The molecule has 0 spiro atoms. The number of carbonyl (C=O) groups is 3. The van der Waals surface area contributed by atoms with Gasteiger partial charge in [0, 0.05) is 12.6 Å². The molecule has 1 aliphatic carbocycles. The molecule has 2 rings (SSSR count). The van der Waals surface area contributed by atoms with Gasteiger partial charge in [0.2, 0.25) is 5.91 Å². The summed E-state index contributed by atoms with van der Waals surface area (Å²) in [4.78, 5) is 36.0. The van der Waals surface area contributed by atoms with E-state index in [0.717, 1.165) is 24.2 Å². The van der Waals surface area contributed by atoms with Crippen molar-refractivity contribution >= 4 is 17.9 Å². The molecule has 2 fully saturated rings. The van der Waals surface area contributed by atoms with Crippen molar-refractivity contribution in [3.05, 3.63) is 0 Å². The fourth-order valence-electron chi connectivity index (χ4n) is 3.40. The second-order valence-electron chi connectivity index (χ2n) is 6.35. The number of hydrogen-bond acceptors (Lipinski definition) is 3. The second-order valence-corrected chi connectivity index (χ2v) is 6.35. The van der Waals surface area contributed by atoms with Gasteiger partial charge in [-0.1, -0.05) is 13.8 Å². The summed E-state index contributed by atoms with van der Waals surface area (Å²) < 4.78 is 0. The van der Waals surface area contributed by atoms with E-state index in [9.17, 15) is 14.4 Å². The molecule has 1 heterocycles. The Morgan fingerprint density at radius 3 is 2.43 bits per heavy atom. The number of rotatable bonds is 2. The number of urea groups is 1. The van der Waals surface area contributed by atoms with Gasteiger partial charge in [0.1, 0.15) is 12.6 Å². The monoisotopic (exact) mass is 297 g/mol. The Morgan fingerprint density at radius 1 is 1.24 bits per heavy atom. The van der Waals surface area contributed by atoms with E-state index in [1.54, 1.807) is 0 Å². The zero-order valence-electron chi connectivity index (χ0n) is 12.5. The highest BCUT2D eigenvalue weighted by molar-refractivity contribution is 5.90. The van der Waals surface area contributed by atoms with Gasteiger partial charge in [-0.25, -0.2) is 9.59 Å². The van der Waals surface area contributed by atoms with Crippen molar-refractivity contribution in [2.24, 2.45) is 11.8 Å². The first-order chi connectivity index (χ1) is 9.86. The van der Waals surface area contributed by atoms with E-state index in [0.29, 0.717) is 11.8 Å². The predicted molar refractivity (Wildman–Crippen MR) is 75.6 cm³/mol. The van der Waals surface area contributed by atoms with Crippen molar-refractivity contribution < 1.29 is 19.5 Å². The van der Waals surface area contributed by atoms with Gasteiger partial charge in [0.25, 0.3) is 0 Å². The average molecular weight is 297 g/mol. The van der Waals surface area contributed by atoms with Crippen molar-refractivity contribution in [3.8, 4) is 0 Å². The molecule has 7 heteroatoms. The summed E-state index contributed by atoms with van der Waals surface area (Å²) in [6.45, 7) is 4.06. The van der Waals surface area contributed by atoms with Crippen molar-refractivity contribution in [2.45, 2.75) is 45.2 Å². The minimum atomic E-state index is -1.10. The normalized spacial score (nSPS) is 33.2. The number of amides is 3. The molecule has 2 aliphatic rings. The van der Waals surface area contributed by atoms with Crippen LogP contribution < -0.4 is 10.6 Å². The Labute approximate surface area is 124 Å². The van der Waals surface area contributed by atoms with Crippen molar-refractivity contribution in [1.29, 1.82) is 0 Å². The molecule has 21 heavy (non-hydrogen) atoms. The molecule has 118 valence electrons. The lowest BCUT2D eigenvalue weighted by Gasteiger charge is -2.36. The summed E-state index contributed by atoms with van der Waals surface area (Å²) in [5, 5.41) is 14.5. The first kappa shape index (κ1) is 15.6. The first-order valence-corrected chi connectivity index (χ1v) is 7.43. The number of nitrogens with one attached hydrogen (secondary N) is 2. The maximum absolute atomic E-state index is 12.3. The van der Waals surface area contributed by atoms with Crippen LogP contribution in [-0.2, 0) is 9.59 Å². The summed E-state index contributed by atoms with van der Waals surface area (Å²) in [5.74, 6) is -0.346. The molecule has 0 aromatic carbocycles. The van der Waals surface area contributed by atoms with Crippen LogP contribution in [0.4, 0.5) is 4.79 Å². The van der Waals surface area contributed by atoms with Crippen LogP contribution in [0, 0.1) is 11.8 Å². The molecular formula is C14H23N3O4. The topological polar surface area (TPSA) is 98.7 Å².